The lowest BCUT2D eigenvalue weighted by atomic mass is 10.2. The fraction of sp³-hybridized carbons (Fsp3) is 0.500. The average Bonchev–Trinajstić information content (AvgIpc) is 2.32. The molecular formula is C14H21BrN4O3. The van der Waals surface area contributed by atoms with Gasteiger partial charge in [-0.05, 0) is 32.9 Å². The van der Waals surface area contributed by atoms with Gasteiger partial charge >= 0.3 is 6.09 Å². The van der Waals surface area contributed by atoms with E-state index in [0.717, 1.165) is 4.47 Å². The number of rotatable bonds is 4. The Bertz CT molecular complexity index is 537. The van der Waals surface area contributed by atoms with Crippen molar-refractivity contribution in [3.05, 3.63) is 16.6 Å². The van der Waals surface area contributed by atoms with Crippen LogP contribution in [0.5, 0.6) is 0 Å². The molecule has 1 aromatic rings. The molecule has 122 valence electrons. The molecule has 1 aromatic heterocycles. The number of hydrogen-bond donors (Lipinski definition) is 2. The fourth-order valence-corrected chi connectivity index (χ4v) is 1.94. The second-order valence-electron chi connectivity index (χ2n) is 5.80. The van der Waals surface area contributed by atoms with Crippen LogP contribution in [0, 0.1) is 0 Å². The number of anilines is 2. The van der Waals surface area contributed by atoms with E-state index in [1.54, 1.807) is 40.0 Å². The first-order valence-electron chi connectivity index (χ1n) is 6.74. The minimum absolute atomic E-state index is 0.129. The predicted molar refractivity (Wildman–Crippen MR) is 88.5 cm³/mol. The molecule has 22 heavy (non-hydrogen) atoms. The Kier molecular flexibility index (Phi) is 6.16. The zero-order chi connectivity index (χ0) is 16.9. The van der Waals surface area contributed by atoms with Crippen molar-refractivity contribution in [1.82, 2.24) is 9.88 Å². The highest BCUT2D eigenvalue weighted by Crippen LogP contribution is 2.17. The zero-order valence-corrected chi connectivity index (χ0v) is 14.7. The topological polar surface area (TPSA) is 97.5 Å². The Morgan fingerprint density at radius 1 is 1.41 bits per heavy atom. The average molecular weight is 373 g/mol. The number of ether oxygens (including phenoxy) is 1. The maximum Gasteiger partial charge on any atom is 0.410 e. The first kappa shape index (κ1) is 18.2. The number of nitrogens with zero attached hydrogens (tertiary/aromatic N) is 2. The lowest BCUT2D eigenvalue weighted by molar-refractivity contribution is -0.116. The number of nitrogens with two attached hydrogens (primary N) is 1. The number of carbonyl (C=O) groups is 2. The molecule has 7 nitrogen and oxygen atoms in total. The van der Waals surface area contributed by atoms with Crippen molar-refractivity contribution in [2.24, 2.45) is 0 Å². The van der Waals surface area contributed by atoms with Crippen LogP contribution in [0.4, 0.5) is 16.4 Å². The van der Waals surface area contributed by atoms with Crippen molar-refractivity contribution in [2.45, 2.75) is 32.8 Å². The SMILES string of the molecule is CN(CCC(=O)Nc1cc(Br)cc(N)n1)C(=O)OC(C)(C)C. The van der Waals surface area contributed by atoms with E-state index in [1.165, 1.54) is 4.90 Å². The second kappa shape index (κ2) is 7.44. The molecule has 2 amide bonds. The summed E-state index contributed by atoms with van der Waals surface area (Å²) in [5, 5.41) is 2.63. The highest BCUT2D eigenvalue weighted by atomic mass is 79.9. The van der Waals surface area contributed by atoms with E-state index >= 15 is 0 Å². The van der Waals surface area contributed by atoms with Crippen LogP contribution in [-0.4, -0.2) is 41.1 Å². The molecule has 1 rings (SSSR count). The van der Waals surface area contributed by atoms with E-state index in [-0.39, 0.29) is 18.9 Å². The molecule has 0 aliphatic rings. The number of halogens is 1. The van der Waals surface area contributed by atoms with Crippen LogP contribution in [0.15, 0.2) is 16.6 Å². The molecule has 0 unspecified atom stereocenters. The molecule has 0 aliphatic heterocycles. The van der Waals surface area contributed by atoms with Crippen molar-refractivity contribution in [1.29, 1.82) is 0 Å². The third-order valence-electron chi connectivity index (χ3n) is 2.46. The molecular weight excluding hydrogens is 352 g/mol. The van der Waals surface area contributed by atoms with Crippen LogP contribution < -0.4 is 11.1 Å². The first-order valence-corrected chi connectivity index (χ1v) is 7.53. The Morgan fingerprint density at radius 2 is 2.05 bits per heavy atom. The number of carbonyl (C=O) groups excluding carboxylic acids is 2. The van der Waals surface area contributed by atoms with Gasteiger partial charge < -0.3 is 20.7 Å². The Morgan fingerprint density at radius 3 is 2.59 bits per heavy atom. The summed E-state index contributed by atoms with van der Waals surface area (Å²) in [5.74, 6) is 0.396. The highest BCUT2D eigenvalue weighted by Gasteiger charge is 2.20. The third-order valence-corrected chi connectivity index (χ3v) is 2.91. The second-order valence-corrected chi connectivity index (χ2v) is 6.71. The Labute approximate surface area is 138 Å². The lowest BCUT2D eigenvalue weighted by Gasteiger charge is -2.24. The molecule has 3 N–H and O–H groups in total. The number of aromatic nitrogens is 1. The number of nitrogens with one attached hydrogen (secondary N) is 1. The van der Waals surface area contributed by atoms with Crippen LogP contribution in [0.3, 0.4) is 0 Å². The van der Waals surface area contributed by atoms with Crippen LogP contribution in [0.25, 0.3) is 0 Å². The number of nitrogen functional groups attached to an aromatic ring is 1. The molecule has 0 saturated carbocycles. The molecule has 8 heteroatoms. The first-order chi connectivity index (χ1) is 10.1. The van der Waals surface area contributed by atoms with Crippen molar-refractivity contribution in [3.8, 4) is 0 Å². The van der Waals surface area contributed by atoms with Gasteiger partial charge in [-0.15, -0.1) is 0 Å². The summed E-state index contributed by atoms with van der Waals surface area (Å²) in [6.45, 7) is 5.60. The Hall–Kier alpha value is -1.83. The largest absolute Gasteiger partial charge is 0.444 e. The van der Waals surface area contributed by atoms with Crippen LogP contribution in [0.1, 0.15) is 27.2 Å². The highest BCUT2D eigenvalue weighted by molar-refractivity contribution is 9.10. The maximum atomic E-state index is 11.9. The summed E-state index contributed by atoms with van der Waals surface area (Å²) in [7, 11) is 1.58. The van der Waals surface area contributed by atoms with Crippen molar-refractivity contribution in [3.63, 3.8) is 0 Å². The monoisotopic (exact) mass is 372 g/mol. The van der Waals surface area contributed by atoms with E-state index in [2.05, 4.69) is 26.2 Å². The van der Waals surface area contributed by atoms with Gasteiger partial charge in [0.25, 0.3) is 0 Å². The number of hydrogen-bond acceptors (Lipinski definition) is 5. The van der Waals surface area contributed by atoms with E-state index < -0.39 is 11.7 Å². The number of pyridine rings is 1. The smallest absolute Gasteiger partial charge is 0.410 e. The van der Waals surface area contributed by atoms with Gasteiger partial charge in [-0.1, -0.05) is 15.9 Å². The summed E-state index contributed by atoms with van der Waals surface area (Å²) in [6, 6.07) is 3.28. The molecule has 0 aliphatic carbocycles. The maximum absolute atomic E-state index is 11.9. The predicted octanol–water partition coefficient (Wildman–Crippen LogP) is 2.62. The molecule has 1 heterocycles. The summed E-state index contributed by atoms with van der Waals surface area (Å²) >= 11 is 3.27. The quantitative estimate of drug-likeness (QED) is 0.846. The van der Waals surface area contributed by atoms with E-state index in [0.29, 0.717) is 11.6 Å². The van der Waals surface area contributed by atoms with Gasteiger partial charge in [0.05, 0.1) is 0 Å². The standard InChI is InChI=1S/C14H21BrN4O3/c1-14(2,3)22-13(21)19(4)6-5-12(20)18-11-8-9(15)7-10(16)17-11/h7-8H,5-6H2,1-4H3,(H3,16,17,18,20). The summed E-state index contributed by atoms with van der Waals surface area (Å²) < 4.78 is 5.93. The van der Waals surface area contributed by atoms with Gasteiger partial charge in [0.15, 0.2) is 0 Å². The third kappa shape index (κ3) is 6.75. The van der Waals surface area contributed by atoms with Crippen molar-refractivity contribution >= 4 is 39.6 Å². The van der Waals surface area contributed by atoms with Gasteiger partial charge in [0.2, 0.25) is 5.91 Å². The van der Waals surface area contributed by atoms with Crippen molar-refractivity contribution < 1.29 is 14.3 Å². The molecule has 0 aromatic carbocycles. The fourth-order valence-electron chi connectivity index (χ4n) is 1.49. The van der Waals surface area contributed by atoms with Gasteiger partial charge in [-0.3, -0.25) is 4.79 Å². The molecule has 0 bridgehead atoms. The van der Waals surface area contributed by atoms with E-state index in [9.17, 15) is 9.59 Å². The lowest BCUT2D eigenvalue weighted by Crippen LogP contribution is -2.35. The number of amides is 2. The van der Waals surface area contributed by atoms with Gasteiger partial charge in [0.1, 0.15) is 17.2 Å². The van der Waals surface area contributed by atoms with E-state index in [1.807, 2.05) is 0 Å². The normalized spacial score (nSPS) is 11.0. The van der Waals surface area contributed by atoms with Crippen molar-refractivity contribution in [2.75, 3.05) is 24.6 Å². The summed E-state index contributed by atoms with van der Waals surface area (Å²) in [4.78, 5) is 29.0. The van der Waals surface area contributed by atoms with Crippen LogP contribution in [0.2, 0.25) is 0 Å². The van der Waals surface area contributed by atoms with Gasteiger partial charge in [-0.2, -0.15) is 0 Å². The molecule has 0 atom stereocenters. The minimum Gasteiger partial charge on any atom is -0.444 e. The minimum atomic E-state index is -0.564. The summed E-state index contributed by atoms with van der Waals surface area (Å²) in [5.41, 5.74) is 5.03. The molecule has 0 fully saturated rings. The molecule has 0 spiro atoms. The van der Waals surface area contributed by atoms with Crippen LogP contribution in [-0.2, 0) is 9.53 Å². The molecule has 0 saturated heterocycles. The van der Waals surface area contributed by atoms with E-state index in [4.69, 9.17) is 10.5 Å². The Balaban J connectivity index is 2.47. The zero-order valence-electron chi connectivity index (χ0n) is 13.1. The van der Waals surface area contributed by atoms with Gasteiger partial charge in [0, 0.05) is 24.5 Å². The van der Waals surface area contributed by atoms with Gasteiger partial charge in [-0.25, -0.2) is 9.78 Å². The summed E-state index contributed by atoms with van der Waals surface area (Å²) in [6.07, 6.45) is -0.339. The van der Waals surface area contributed by atoms with Crippen LogP contribution >= 0.6 is 15.9 Å². The molecule has 0 radical (unpaired) electrons.